The predicted molar refractivity (Wildman–Crippen MR) is 80.8 cm³/mol. The molecule has 0 spiro atoms. The van der Waals surface area contributed by atoms with Crippen LogP contribution in [-0.4, -0.2) is 36.9 Å². The maximum absolute atomic E-state index is 12.5. The number of hydrogen-bond acceptors (Lipinski definition) is 5. The van der Waals surface area contributed by atoms with Crippen molar-refractivity contribution in [2.75, 3.05) is 19.8 Å². The number of aliphatic hydroxyl groups excluding tert-OH is 1. The summed E-state index contributed by atoms with van der Waals surface area (Å²) in [4.78, 5) is 24.9. The van der Waals surface area contributed by atoms with E-state index in [1.54, 1.807) is 38.1 Å². The predicted octanol–water partition coefficient (Wildman–Crippen LogP) is 2.20. The number of ether oxygens (including phenoxy) is 2. The Morgan fingerprint density at radius 2 is 1.67 bits per heavy atom. The molecule has 0 unspecified atom stereocenters. The SMILES string of the molecule is CCOC(=O)C(CCO)(C(=O)OCC)c1ccccc1Br. The fourth-order valence-corrected chi connectivity index (χ4v) is 2.75. The van der Waals surface area contributed by atoms with E-state index in [1.807, 2.05) is 0 Å². The van der Waals surface area contributed by atoms with Gasteiger partial charge >= 0.3 is 11.9 Å². The zero-order chi connectivity index (χ0) is 15.9. The first-order valence-electron chi connectivity index (χ1n) is 6.74. The van der Waals surface area contributed by atoms with E-state index in [4.69, 9.17) is 9.47 Å². The molecule has 0 saturated carbocycles. The van der Waals surface area contributed by atoms with Crippen LogP contribution in [0.15, 0.2) is 28.7 Å². The summed E-state index contributed by atoms with van der Waals surface area (Å²) < 4.78 is 10.7. The van der Waals surface area contributed by atoms with Crippen molar-refractivity contribution in [3.05, 3.63) is 34.3 Å². The van der Waals surface area contributed by atoms with Crippen LogP contribution in [0.3, 0.4) is 0 Å². The van der Waals surface area contributed by atoms with Gasteiger partial charge in [-0.2, -0.15) is 0 Å². The van der Waals surface area contributed by atoms with E-state index in [0.29, 0.717) is 10.0 Å². The van der Waals surface area contributed by atoms with Gasteiger partial charge in [0.1, 0.15) is 0 Å². The van der Waals surface area contributed by atoms with Gasteiger partial charge in [0.15, 0.2) is 5.41 Å². The third-order valence-corrected chi connectivity index (χ3v) is 3.76. The summed E-state index contributed by atoms with van der Waals surface area (Å²) in [5, 5.41) is 9.36. The fourth-order valence-electron chi connectivity index (χ4n) is 2.13. The second kappa shape index (κ2) is 8.14. The molecule has 0 aliphatic heterocycles. The molecule has 1 aromatic carbocycles. The lowest BCUT2D eigenvalue weighted by Crippen LogP contribution is -2.47. The molecule has 0 aromatic heterocycles. The molecule has 0 heterocycles. The van der Waals surface area contributed by atoms with Gasteiger partial charge in [-0.05, 0) is 25.5 Å². The van der Waals surface area contributed by atoms with E-state index in [2.05, 4.69) is 15.9 Å². The fraction of sp³-hybridized carbons (Fsp3) is 0.467. The Bertz CT molecular complexity index is 483. The van der Waals surface area contributed by atoms with Crippen LogP contribution in [0.1, 0.15) is 25.8 Å². The van der Waals surface area contributed by atoms with Gasteiger partial charge in [-0.3, -0.25) is 9.59 Å². The Balaban J connectivity index is 3.47. The number of esters is 2. The molecule has 0 aliphatic rings. The van der Waals surface area contributed by atoms with Crippen LogP contribution in [-0.2, 0) is 24.5 Å². The smallest absolute Gasteiger partial charge is 0.328 e. The molecule has 0 atom stereocenters. The molecular weight excluding hydrogens is 340 g/mol. The molecule has 116 valence electrons. The van der Waals surface area contributed by atoms with Crippen molar-refractivity contribution < 1.29 is 24.2 Å². The first-order chi connectivity index (χ1) is 10.0. The monoisotopic (exact) mass is 358 g/mol. The standard InChI is InChI=1S/C15H19BrO5/c1-3-20-13(18)15(9-10-17,14(19)21-4-2)11-7-5-6-8-12(11)16/h5-8,17H,3-4,9-10H2,1-2H3. The molecule has 21 heavy (non-hydrogen) atoms. The summed E-state index contributed by atoms with van der Waals surface area (Å²) in [7, 11) is 0. The maximum atomic E-state index is 12.5. The minimum Gasteiger partial charge on any atom is -0.465 e. The van der Waals surface area contributed by atoms with Gasteiger partial charge in [0, 0.05) is 17.5 Å². The van der Waals surface area contributed by atoms with E-state index < -0.39 is 17.4 Å². The van der Waals surface area contributed by atoms with Crippen molar-refractivity contribution in [2.24, 2.45) is 0 Å². The van der Waals surface area contributed by atoms with Crippen LogP contribution < -0.4 is 0 Å². The Morgan fingerprint density at radius 1 is 1.14 bits per heavy atom. The second-order valence-corrected chi connectivity index (χ2v) is 5.15. The zero-order valence-corrected chi connectivity index (χ0v) is 13.7. The van der Waals surface area contributed by atoms with E-state index in [0.717, 1.165) is 0 Å². The average Bonchev–Trinajstić information content (AvgIpc) is 2.46. The maximum Gasteiger partial charge on any atom is 0.328 e. The highest BCUT2D eigenvalue weighted by Crippen LogP contribution is 2.36. The Morgan fingerprint density at radius 3 is 2.10 bits per heavy atom. The van der Waals surface area contributed by atoms with Crippen molar-refractivity contribution >= 4 is 27.9 Å². The van der Waals surface area contributed by atoms with E-state index in [9.17, 15) is 14.7 Å². The number of aliphatic hydroxyl groups is 1. The summed E-state index contributed by atoms with van der Waals surface area (Å²) >= 11 is 3.34. The lowest BCUT2D eigenvalue weighted by atomic mass is 9.77. The van der Waals surface area contributed by atoms with Crippen molar-refractivity contribution in [1.82, 2.24) is 0 Å². The summed E-state index contributed by atoms with van der Waals surface area (Å²) in [6.07, 6.45) is -0.104. The Hall–Kier alpha value is -1.40. The lowest BCUT2D eigenvalue weighted by Gasteiger charge is -2.29. The highest BCUT2D eigenvalue weighted by atomic mass is 79.9. The number of hydrogen-bond donors (Lipinski definition) is 1. The highest BCUT2D eigenvalue weighted by molar-refractivity contribution is 9.10. The topological polar surface area (TPSA) is 72.8 Å². The number of rotatable bonds is 7. The van der Waals surface area contributed by atoms with E-state index in [-0.39, 0.29) is 26.2 Å². The van der Waals surface area contributed by atoms with Crippen LogP contribution in [0, 0.1) is 0 Å². The van der Waals surface area contributed by atoms with E-state index in [1.165, 1.54) is 0 Å². The highest BCUT2D eigenvalue weighted by Gasteiger charge is 2.51. The normalized spacial score (nSPS) is 11.0. The molecule has 1 aromatic rings. The van der Waals surface area contributed by atoms with E-state index >= 15 is 0 Å². The summed E-state index contributed by atoms with van der Waals surface area (Å²) in [6.45, 7) is 3.24. The first-order valence-corrected chi connectivity index (χ1v) is 7.54. The average molecular weight is 359 g/mol. The van der Waals surface area contributed by atoms with Crippen LogP contribution in [0.2, 0.25) is 0 Å². The van der Waals surface area contributed by atoms with Crippen LogP contribution >= 0.6 is 15.9 Å². The van der Waals surface area contributed by atoms with Crippen LogP contribution in [0.4, 0.5) is 0 Å². The minimum absolute atomic E-state index is 0.104. The third kappa shape index (κ3) is 3.63. The van der Waals surface area contributed by atoms with Gasteiger partial charge in [-0.1, -0.05) is 34.1 Å². The summed E-state index contributed by atoms with van der Waals surface area (Å²) in [5.41, 5.74) is -1.24. The van der Waals surface area contributed by atoms with Crippen LogP contribution in [0.5, 0.6) is 0 Å². The summed E-state index contributed by atoms with van der Waals surface area (Å²) in [6, 6.07) is 6.85. The molecule has 0 aliphatic carbocycles. The molecule has 0 radical (unpaired) electrons. The second-order valence-electron chi connectivity index (χ2n) is 4.30. The van der Waals surface area contributed by atoms with Crippen molar-refractivity contribution in [3.63, 3.8) is 0 Å². The Labute approximate surface area is 132 Å². The lowest BCUT2D eigenvalue weighted by molar-refractivity contribution is -0.166. The van der Waals surface area contributed by atoms with Crippen molar-refractivity contribution in [3.8, 4) is 0 Å². The summed E-state index contributed by atoms with van der Waals surface area (Å²) in [5.74, 6) is -1.44. The molecule has 6 heteroatoms. The molecule has 0 bridgehead atoms. The van der Waals surface area contributed by atoms with Gasteiger partial charge < -0.3 is 14.6 Å². The van der Waals surface area contributed by atoms with Gasteiger partial charge in [0.25, 0.3) is 0 Å². The largest absolute Gasteiger partial charge is 0.465 e. The Kier molecular flexibility index (Phi) is 6.84. The van der Waals surface area contributed by atoms with Gasteiger partial charge in [0.2, 0.25) is 0 Å². The number of halogens is 1. The van der Waals surface area contributed by atoms with Gasteiger partial charge in [-0.25, -0.2) is 0 Å². The molecule has 0 fully saturated rings. The number of benzene rings is 1. The molecule has 0 amide bonds. The van der Waals surface area contributed by atoms with Crippen LogP contribution in [0.25, 0.3) is 0 Å². The zero-order valence-electron chi connectivity index (χ0n) is 12.1. The molecule has 0 saturated heterocycles. The van der Waals surface area contributed by atoms with Crippen molar-refractivity contribution in [2.45, 2.75) is 25.7 Å². The van der Waals surface area contributed by atoms with Gasteiger partial charge in [0.05, 0.1) is 13.2 Å². The third-order valence-electron chi connectivity index (χ3n) is 3.07. The molecular formula is C15H19BrO5. The first kappa shape index (κ1) is 17.7. The van der Waals surface area contributed by atoms with Crippen molar-refractivity contribution in [1.29, 1.82) is 0 Å². The number of carbonyl (C=O) groups is 2. The van der Waals surface area contributed by atoms with Gasteiger partial charge in [-0.15, -0.1) is 0 Å². The quantitative estimate of drug-likeness (QED) is 0.597. The molecule has 1 rings (SSSR count). The number of carbonyl (C=O) groups excluding carboxylic acids is 2. The molecule has 5 nitrogen and oxygen atoms in total. The molecule has 1 N–H and O–H groups in total. The minimum atomic E-state index is -1.67.